The molecule has 3 aromatic rings. The van der Waals surface area contributed by atoms with Gasteiger partial charge < -0.3 is 14.0 Å². The van der Waals surface area contributed by atoms with E-state index >= 15 is 0 Å². The van der Waals surface area contributed by atoms with E-state index in [1.54, 1.807) is 49.6 Å². The summed E-state index contributed by atoms with van der Waals surface area (Å²) in [5.74, 6) is -1.24. The lowest BCUT2D eigenvalue weighted by atomic mass is 10.1. The normalized spacial score (nSPS) is 11.3. The lowest BCUT2D eigenvalue weighted by Crippen LogP contribution is -2.28. The summed E-state index contributed by atoms with van der Waals surface area (Å²) in [5, 5.41) is 0. The lowest BCUT2D eigenvalue weighted by Gasteiger charge is -2.20. The molecule has 0 aliphatic heterocycles. The fraction of sp³-hybridized carbons (Fsp3) is 0.308. The third kappa shape index (κ3) is 5.80. The van der Waals surface area contributed by atoms with Crippen LogP contribution in [0.1, 0.15) is 38.5 Å². The van der Waals surface area contributed by atoms with Crippen LogP contribution in [0.4, 0.5) is 5.69 Å². The van der Waals surface area contributed by atoms with Crippen LogP contribution in [0, 0.1) is 13.8 Å². The van der Waals surface area contributed by atoms with Gasteiger partial charge in [0, 0.05) is 44.3 Å². The van der Waals surface area contributed by atoms with E-state index in [0.717, 1.165) is 22.1 Å². The predicted octanol–water partition coefficient (Wildman–Crippen LogP) is 4.01. The zero-order valence-electron chi connectivity index (χ0n) is 20.4. The fourth-order valence-corrected chi connectivity index (χ4v) is 5.24. The van der Waals surface area contributed by atoms with E-state index in [-0.39, 0.29) is 16.2 Å². The summed E-state index contributed by atoms with van der Waals surface area (Å²) in [6.07, 6.45) is 0.804. The summed E-state index contributed by atoms with van der Waals surface area (Å²) in [5.41, 5.74) is 2.50. The quantitative estimate of drug-likeness (QED) is 0.225. The van der Waals surface area contributed by atoms with E-state index in [4.69, 9.17) is 9.47 Å². The summed E-state index contributed by atoms with van der Waals surface area (Å²) < 4.78 is 40.0. The summed E-state index contributed by atoms with van der Waals surface area (Å²) in [7, 11) is -0.989. The van der Waals surface area contributed by atoms with Gasteiger partial charge in [0.2, 0.25) is 5.78 Å². The van der Waals surface area contributed by atoms with Crippen LogP contribution in [0.2, 0.25) is 0 Å². The number of anilines is 1. The van der Waals surface area contributed by atoms with Crippen molar-refractivity contribution in [1.82, 2.24) is 4.57 Å². The fourth-order valence-electron chi connectivity index (χ4n) is 3.87. The number of para-hydroxylation sites is 1. The number of esters is 1. The van der Waals surface area contributed by atoms with Crippen LogP contribution in [0.3, 0.4) is 0 Å². The number of ether oxygens (including phenoxy) is 2. The molecule has 0 aliphatic carbocycles. The topological polar surface area (TPSA) is 94.9 Å². The Hall–Kier alpha value is -3.43. The Morgan fingerprint density at radius 1 is 0.971 bits per heavy atom. The second-order valence-electron chi connectivity index (χ2n) is 8.09. The minimum Gasteiger partial charge on any atom is -0.454 e. The third-order valence-corrected chi connectivity index (χ3v) is 7.65. The Bertz CT molecular complexity index is 1300. The van der Waals surface area contributed by atoms with Crippen LogP contribution in [-0.2, 0) is 26.0 Å². The number of rotatable bonds is 11. The van der Waals surface area contributed by atoms with Gasteiger partial charge in [0.05, 0.1) is 11.3 Å². The molecule has 0 spiro atoms. The maximum atomic E-state index is 13.2. The standard InChI is InChI=1S/C26H30N2O6S/c1-19-17-23(20(2)28(19)15-10-16-33-4)24(29)18-34-26(30)22-13-8-9-14-25(22)35(31,32)27(3)21-11-6-5-7-12-21/h5-9,11-14,17H,10,15-16,18H2,1-4H3. The van der Waals surface area contributed by atoms with E-state index in [2.05, 4.69) is 0 Å². The average molecular weight is 499 g/mol. The Morgan fingerprint density at radius 2 is 1.63 bits per heavy atom. The first kappa shape index (κ1) is 26.2. The molecular formula is C26H30N2O6S. The maximum absolute atomic E-state index is 13.2. The molecule has 0 fully saturated rings. The highest BCUT2D eigenvalue weighted by Gasteiger charge is 2.28. The molecule has 1 aromatic heterocycles. The second kappa shape index (κ2) is 11.3. The molecular weight excluding hydrogens is 468 g/mol. The van der Waals surface area contributed by atoms with Gasteiger partial charge in [-0.3, -0.25) is 9.10 Å². The first-order valence-electron chi connectivity index (χ1n) is 11.2. The Labute approximate surface area is 206 Å². The van der Waals surface area contributed by atoms with Crippen molar-refractivity contribution < 1.29 is 27.5 Å². The third-order valence-electron chi connectivity index (χ3n) is 5.80. The monoisotopic (exact) mass is 498 g/mol. The largest absolute Gasteiger partial charge is 0.454 e. The number of sulfonamides is 1. The van der Waals surface area contributed by atoms with Crippen molar-refractivity contribution in [3.8, 4) is 0 Å². The highest BCUT2D eigenvalue weighted by atomic mass is 32.2. The molecule has 35 heavy (non-hydrogen) atoms. The number of aromatic nitrogens is 1. The predicted molar refractivity (Wildman–Crippen MR) is 133 cm³/mol. The van der Waals surface area contributed by atoms with Gasteiger partial charge in [0.25, 0.3) is 10.0 Å². The van der Waals surface area contributed by atoms with Gasteiger partial charge in [0.1, 0.15) is 4.90 Å². The molecule has 0 amide bonds. The second-order valence-corrected chi connectivity index (χ2v) is 10.0. The number of nitrogens with zero attached hydrogens (tertiary/aromatic N) is 2. The highest BCUT2D eigenvalue weighted by molar-refractivity contribution is 7.92. The van der Waals surface area contributed by atoms with Crippen molar-refractivity contribution in [2.45, 2.75) is 31.7 Å². The number of methoxy groups -OCH3 is 1. The number of aryl methyl sites for hydroxylation is 1. The molecule has 0 saturated carbocycles. The van der Waals surface area contributed by atoms with Gasteiger partial charge in [-0.05, 0) is 50.6 Å². The van der Waals surface area contributed by atoms with Crippen molar-refractivity contribution in [3.63, 3.8) is 0 Å². The maximum Gasteiger partial charge on any atom is 0.339 e. The summed E-state index contributed by atoms with van der Waals surface area (Å²) in [6.45, 7) is 4.58. The first-order chi connectivity index (χ1) is 16.7. The van der Waals surface area contributed by atoms with E-state index < -0.39 is 22.6 Å². The van der Waals surface area contributed by atoms with Crippen molar-refractivity contribution in [2.75, 3.05) is 31.7 Å². The minimum absolute atomic E-state index is 0.131. The van der Waals surface area contributed by atoms with Gasteiger partial charge in [0.15, 0.2) is 6.61 Å². The zero-order chi connectivity index (χ0) is 25.6. The van der Waals surface area contributed by atoms with Crippen LogP contribution in [0.5, 0.6) is 0 Å². The van der Waals surface area contributed by atoms with Crippen molar-refractivity contribution in [1.29, 1.82) is 0 Å². The molecule has 186 valence electrons. The molecule has 0 N–H and O–H groups in total. The molecule has 0 saturated heterocycles. The smallest absolute Gasteiger partial charge is 0.339 e. The van der Waals surface area contributed by atoms with Gasteiger partial charge in [-0.25, -0.2) is 13.2 Å². The number of hydrogen-bond acceptors (Lipinski definition) is 6. The molecule has 0 atom stereocenters. The Balaban J connectivity index is 1.77. The Kier molecular flexibility index (Phi) is 8.48. The number of hydrogen-bond donors (Lipinski definition) is 0. The van der Waals surface area contributed by atoms with Crippen LogP contribution in [0.25, 0.3) is 0 Å². The average Bonchev–Trinajstić information content (AvgIpc) is 3.15. The number of carbonyl (C=O) groups is 2. The number of ketones is 1. The highest BCUT2D eigenvalue weighted by Crippen LogP contribution is 2.25. The molecule has 1 heterocycles. The van der Waals surface area contributed by atoms with E-state index in [0.29, 0.717) is 24.4 Å². The molecule has 0 unspecified atom stereocenters. The summed E-state index contributed by atoms with van der Waals surface area (Å²) >= 11 is 0. The molecule has 3 rings (SSSR count). The van der Waals surface area contributed by atoms with Crippen molar-refractivity contribution in [2.24, 2.45) is 0 Å². The van der Waals surface area contributed by atoms with Crippen LogP contribution in [-0.4, -0.2) is 52.1 Å². The number of carbonyl (C=O) groups excluding carboxylic acids is 2. The first-order valence-corrected chi connectivity index (χ1v) is 12.6. The van der Waals surface area contributed by atoms with Crippen molar-refractivity contribution in [3.05, 3.63) is 83.2 Å². The van der Waals surface area contributed by atoms with Gasteiger partial charge >= 0.3 is 5.97 Å². The van der Waals surface area contributed by atoms with Crippen LogP contribution >= 0.6 is 0 Å². The minimum atomic E-state index is -4.04. The molecule has 0 radical (unpaired) electrons. The van der Waals surface area contributed by atoms with E-state index in [1.165, 1.54) is 25.2 Å². The van der Waals surface area contributed by atoms with Crippen LogP contribution < -0.4 is 4.31 Å². The number of benzene rings is 2. The van der Waals surface area contributed by atoms with Gasteiger partial charge in [-0.2, -0.15) is 0 Å². The molecule has 8 nitrogen and oxygen atoms in total. The van der Waals surface area contributed by atoms with Crippen LogP contribution in [0.15, 0.2) is 65.6 Å². The number of Topliss-reactive ketones (excluding diaryl/α,β-unsaturated/α-hetero) is 1. The molecule has 0 aliphatic rings. The van der Waals surface area contributed by atoms with E-state index in [1.807, 2.05) is 18.4 Å². The summed E-state index contributed by atoms with van der Waals surface area (Å²) in [4.78, 5) is 25.5. The molecule has 0 bridgehead atoms. The zero-order valence-corrected chi connectivity index (χ0v) is 21.2. The van der Waals surface area contributed by atoms with Crippen molar-refractivity contribution >= 4 is 27.5 Å². The Morgan fingerprint density at radius 3 is 2.31 bits per heavy atom. The van der Waals surface area contributed by atoms with Gasteiger partial charge in [-0.15, -0.1) is 0 Å². The molecule has 2 aromatic carbocycles. The molecule has 9 heteroatoms. The summed E-state index contributed by atoms with van der Waals surface area (Å²) in [6, 6.07) is 16.1. The SMILES string of the molecule is COCCCn1c(C)cc(C(=O)COC(=O)c2ccccc2S(=O)(=O)N(C)c2ccccc2)c1C. The lowest BCUT2D eigenvalue weighted by molar-refractivity contribution is 0.0470. The van der Waals surface area contributed by atoms with Gasteiger partial charge in [-0.1, -0.05) is 30.3 Å². The van der Waals surface area contributed by atoms with E-state index in [9.17, 15) is 18.0 Å².